The molecule has 1 unspecified atom stereocenters. The van der Waals surface area contributed by atoms with Crippen molar-refractivity contribution >= 4 is 41.5 Å². The molecular formula is C16H21Cl3N2O3. The third-order valence-electron chi connectivity index (χ3n) is 4.44. The second-order valence-electron chi connectivity index (χ2n) is 6.12. The summed E-state index contributed by atoms with van der Waals surface area (Å²) in [7, 11) is 0. The minimum absolute atomic E-state index is 0. The first-order valence-corrected chi connectivity index (χ1v) is 8.51. The molecule has 2 fully saturated rings. The fourth-order valence-corrected chi connectivity index (χ4v) is 3.30. The first-order valence-electron chi connectivity index (χ1n) is 7.76. The molecule has 2 N–H and O–H groups in total. The Kier molecular flexibility index (Phi) is 6.62. The molecule has 8 heteroatoms. The number of hydrogen-bond donors (Lipinski definition) is 1. The van der Waals surface area contributed by atoms with Crippen molar-refractivity contribution < 1.29 is 14.3 Å². The highest BCUT2D eigenvalue weighted by Crippen LogP contribution is 2.29. The van der Waals surface area contributed by atoms with E-state index in [9.17, 15) is 4.79 Å². The summed E-state index contributed by atoms with van der Waals surface area (Å²) < 4.78 is 11.2. The van der Waals surface area contributed by atoms with Crippen molar-refractivity contribution in [3.63, 3.8) is 0 Å². The molecule has 0 aliphatic carbocycles. The number of amides is 1. The van der Waals surface area contributed by atoms with E-state index in [0.29, 0.717) is 54.9 Å². The summed E-state index contributed by atoms with van der Waals surface area (Å²) in [6.07, 6.45) is 1.86. The number of carbonyl (C=O) groups is 1. The van der Waals surface area contributed by atoms with Crippen LogP contribution in [0.5, 0.6) is 5.75 Å². The van der Waals surface area contributed by atoms with Crippen molar-refractivity contribution in [3.8, 4) is 5.75 Å². The van der Waals surface area contributed by atoms with Gasteiger partial charge in [0.05, 0.1) is 22.1 Å². The summed E-state index contributed by atoms with van der Waals surface area (Å²) in [4.78, 5) is 14.5. The number of carbonyl (C=O) groups excluding carboxylic acids is 1. The van der Waals surface area contributed by atoms with Crippen LogP contribution in [0.4, 0.5) is 0 Å². The Bertz CT molecular complexity index is 594. The van der Waals surface area contributed by atoms with E-state index in [2.05, 4.69) is 0 Å². The largest absolute Gasteiger partial charge is 0.488 e. The summed E-state index contributed by atoms with van der Waals surface area (Å²) in [5.74, 6) is 0.660. The van der Waals surface area contributed by atoms with Crippen molar-refractivity contribution in [1.29, 1.82) is 0 Å². The molecule has 1 atom stereocenters. The maximum atomic E-state index is 12.7. The van der Waals surface area contributed by atoms with E-state index in [-0.39, 0.29) is 24.4 Å². The SMILES string of the molecule is Cl.NC1(C(=O)N2CCC(Oc3ccc(Cl)c(Cl)c3)C2)CCOCC1. The number of likely N-dealkylation sites (tertiary alicyclic amines) is 1. The second-order valence-corrected chi connectivity index (χ2v) is 6.94. The van der Waals surface area contributed by atoms with Crippen molar-refractivity contribution in [2.45, 2.75) is 30.9 Å². The third kappa shape index (κ3) is 4.27. The van der Waals surface area contributed by atoms with E-state index in [1.165, 1.54) is 0 Å². The Balaban J connectivity index is 0.00000208. The molecule has 2 heterocycles. The molecule has 2 aliphatic heterocycles. The van der Waals surface area contributed by atoms with Crippen LogP contribution in [0, 0.1) is 0 Å². The maximum absolute atomic E-state index is 12.7. The molecule has 0 saturated carbocycles. The molecule has 0 spiro atoms. The van der Waals surface area contributed by atoms with Crippen LogP contribution in [0.1, 0.15) is 19.3 Å². The summed E-state index contributed by atoms with van der Waals surface area (Å²) in [5.41, 5.74) is 5.48. The predicted octanol–water partition coefficient (Wildman–Crippen LogP) is 2.90. The zero-order chi connectivity index (χ0) is 16.4. The van der Waals surface area contributed by atoms with Gasteiger partial charge in [-0.05, 0) is 25.0 Å². The van der Waals surface area contributed by atoms with E-state index in [0.717, 1.165) is 6.42 Å². The van der Waals surface area contributed by atoms with Gasteiger partial charge in [-0.15, -0.1) is 12.4 Å². The number of hydrogen-bond acceptors (Lipinski definition) is 4. The standard InChI is InChI=1S/C16H20Cl2N2O3.ClH/c17-13-2-1-11(9-14(13)18)23-12-3-6-20(10-12)15(21)16(19)4-7-22-8-5-16;/h1-2,9,12H,3-8,10,19H2;1H. The van der Waals surface area contributed by atoms with Crippen LogP contribution in [-0.4, -0.2) is 48.8 Å². The predicted molar refractivity (Wildman–Crippen MR) is 96.3 cm³/mol. The molecule has 1 amide bonds. The van der Waals surface area contributed by atoms with Gasteiger partial charge in [0.25, 0.3) is 0 Å². The first kappa shape index (κ1) is 19.6. The van der Waals surface area contributed by atoms with E-state index in [4.69, 9.17) is 38.4 Å². The molecule has 2 saturated heterocycles. The molecular weight excluding hydrogens is 375 g/mol. The van der Waals surface area contributed by atoms with Gasteiger partial charge in [-0.3, -0.25) is 4.79 Å². The number of nitrogens with two attached hydrogens (primary N) is 1. The Morgan fingerprint density at radius 3 is 2.67 bits per heavy atom. The lowest BCUT2D eigenvalue weighted by molar-refractivity contribution is -0.139. The van der Waals surface area contributed by atoms with Crippen LogP contribution in [0.2, 0.25) is 10.0 Å². The molecule has 1 aromatic rings. The van der Waals surface area contributed by atoms with Crippen LogP contribution in [0.15, 0.2) is 18.2 Å². The van der Waals surface area contributed by atoms with Gasteiger partial charge in [0.2, 0.25) is 5.91 Å². The Labute approximate surface area is 157 Å². The van der Waals surface area contributed by atoms with Gasteiger partial charge in [0, 0.05) is 32.2 Å². The van der Waals surface area contributed by atoms with Gasteiger partial charge >= 0.3 is 0 Å². The molecule has 1 aromatic carbocycles. The van der Waals surface area contributed by atoms with Gasteiger partial charge in [-0.25, -0.2) is 0 Å². The van der Waals surface area contributed by atoms with Gasteiger partial charge in [0.1, 0.15) is 11.9 Å². The average Bonchev–Trinajstić information content (AvgIpc) is 2.99. The fraction of sp³-hybridized carbons (Fsp3) is 0.562. The highest BCUT2D eigenvalue weighted by Gasteiger charge is 2.41. The molecule has 0 radical (unpaired) electrons. The molecule has 0 bridgehead atoms. The smallest absolute Gasteiger partial charge is 0.242 e. The summed E-state index contributed by atoms with van der Waals surface area (Å²) >= 11 is 11.9. The fourth-order valence-electron chi connectivity index (χ4n) is 3.02. The highest BCUT2D eigenvalue weighted by atomic mass is 35.5. The number of rotatable bonds is 3. The molecule has 24 heavy (non-hydrogen) atoms. The number of nitrogens with zero attached hydrogens (tertiary/aromatic N) is 1. The van der Waals surface area contributed by atoms with Crippen molar-refractivity contribution in [2.75, 3.05) is 26.3 Å². The van der Waals surface area contributed by atoms with Crippen LogP contribution >= 0.6 is 35.6 Å². The number of ether oxygens (including phenoxy) is 2. The first-order chi connectivity index (χ1) is 11.0. The lowest BCUT2D eigenvalue weighted by Crippen LogP contribution is -2.57. The van der Waals surface area contributed by atoms with Gasteiger partial charge < -0.3 is 20.1 Å². The van der Waals surface area contributed by atoms with Crippen LogP contribution in [-0.2, 0) is 9.53 Å². The zero-order valence-corrected chi connectivity index (χ0v) is 15.5. The number of halogens is 3. The minimum atomic E-state index is -0.795. The van der Waals surface area contributed by atoms with Crippen molar-refractivity contribution in [2.24, 2.45) is 5.73 Å². The monoisotopic (exact) mass is 394 g/mol. The van der Waals surface area contributed by atoms with Crippen LogP contribution in [0.3, 0.4) is 0 Å². The molecule has 0 aromatic heterocycles. The van der Waals surface area contributed by atoms with Crippen LogP contribution < -0.4 is 10.5 Å². The summed E-state index contributed by atoms with van der Waals surface area (Å²) in [5, 5.41) is 0.949. The van der Waals surface area contributed by atoms with Gasteiger partial charge in [-0.2, -0.15) is 0 Å². The second kappa shape index (κ2) is 8.11. The quantitative estimate of drug-likeness (QED) is 0.854. The van der Waals surface area contributed by atoms with E-state index < -0.39 is 5.54 Å². The van der Waals surface area contributed by atoms with Gasteiger partial charge in [-0.1, -0.05) is 23.2 Å². The highest BCUT2D eigenvalue weighted by molar-refractivity contribution is 6.42. The lowest BCUT2D eigenvalue weighted by atomic mass is 9.90. The molecule has 2 aliphatic rings. The normalized spacial score (nSPS) is 22.8. The summed E-state index contributed by atoms with van der Waals surface area (Å²) in [6, 6.07) is 5.17. The van der Waals surface area contributed by atoms with E-state index in [1.807, 2.05) is 0 Å². The lowest BCUT2D eigenvalue weighted by Gasteiger charge is -2.35. The Morgan fingerprint density at radius 1 is 1.29 bits per heavy atom. The zero-order valence-electron chi connectivity index (χ0n) is 13.2. The number of benzene rings is 1. The topological polar surface area (TPSA) is 64.8 Å². The minimum Gasteiger partial charge on any atom is -0.488 e. The average molecular weight is 396 g/mol. The summed E-state index contributed by atoms with van der Waals surface area (Å²) in [6.45, 7) is 2.28. The maximum Gasteiger partial charge on any atom is 0.242 e. The molecule has 3 rings (SSSR count). The third-order valence-corrected chi connectivity index (χ3v) is 5.18. The molecule has 134 valence electrons. The van der Waals surface area contributed by atoms with E-state index >= 15 is 0 Å². The van der Waals surface area contributed by atoms with Crippen molar-refractivity contribution in [3.05, 3.63) is 28.2 Å². The van der Waals surface area contributed by atoms with E-state index in [1.54, 1.807) is 23.1 Å². The van der Waals surface area contributed by atoms with Crippen LogP contribution in [0.25, 0.3) is 0 Å². The Hall–Kier alpha value is -0.720. The Morgan fingerprint density at radius 2 is 2.00 bits per heavy atom. The molecule has 5 nitrogen and oxygen atoms in total. The van der Waals surface area contributed by atoms with Crippen molar-refractivity contribution in [1.82, 2.24) is 4.90 Å². The van der Waals surface area contributed by atoms with Gasteiger partial charge in [0.15, 0.2) is 0 Å².